The average Bonchev–Trinajstić information content (AvgIpc) is 3.11. The average molecular weight is 434 g/mol. The Morgan fingerprint density at radius 2 is 2.00 bits per heavy atom. The van der Waals surface area contributed by atoms with E-state index in [1.165, 1.54) is 0 Å². The number of fused-ring (bicyclic) bond motifs is 1. The summed E-state index contributed by atoms with van der Waals surface area (Å²) in [5.41, 5.74) is -0.0156. The Morgan fingerprint density at radius 3 is 2.74 bits per heavy atom. The second-order valence-corrected chi connectivity index (χ2v) is 8.63. The van der Waals surface area contributed by atoms with Gasteiger partial charge in [-0.2, -0.15) is 4.39 Å². The van der Waals surface area contributed by atoms with Crippen molar-refractivity contribution in [3.05, 3.63) is 29.5 Å². The zero-order valence-corrected chi connectivity index (χ0v) is 17.4. The number of carbonyl (C=O) groups excluding carboxylic acids is 1. The molecule has 0 atom stereocenters. The summed E-state index contributed by atoms with van der Waals surface area (Å²) in [6.07, 6.45) is 4.64. The summed E-state index contributed by atoms with van der Waals surface area (Å²) in [4.78, 5) is 29.0. The standard InChI is InChI=1S/C17H21ClFN3O3S2/c1-2-3-6-9-25-12(23)10-11-13(18)14(15(19)26-11)20-16-21-7-4-5-8-22(21)17(24)27-16/h2-10H2,1H3. The molecule has 0 N–H and O–H groups in total. The zero-order valence-electron chi connectivity index (χ0n) is 15.0. The molecule has 27 heavy (non-hydrogen) atoms. The molecule has 3 rings (SSSR count). The van der Waals surface area contributed by atoms with E-state index in [1.807, 2.05) is 0 Å². The van der Waals surface area contributed by atoms with Gasteiger partial charge < -0.3 is 4.74 Å². The number of hydrogen-bond acceptors (Lipinski definition) is 6. The van der Waals surface area contributed by atoms with Crippen LogP contribution in [0.4, 0.5) is 10.1 Å². The topological polar surface area (TPSA) is 65.6 Å². The molecule has 2 aromatic heterocycles. The quantitative estimate of drug-likeness (QED) is 0.491. The van der Waals surface area contributed by atoms with Gasteiger partial charge in [0.05, 0.1) is 18.1 Å². The molecule has 0 bridgehead atoms. The molecule has 2 aromatic rings. The van der Waals surface area contributed by atoms with E-state index in [-0.39, 0.29) is 22.0 Å². The Kier molecular flexibility index (Phi) is 6.88. The number of aromatic nitrogens is 2. The Morgan fingerprint density at radius 1 is 1.26 bits per heavy atom. The van der Waals surface area contributed by atoms with Gasteiger partial charge in [-0.15, -0.1) is 11.3 Å². The minimum Gasteiger partial charge on any atom is -0.465 e. The van der Waals surface area contributed by atoms with Crippen molar-refractivity contribution in [3.8, 4) is 0 Å². The Hall–Kier alpha value is -1.45. The Labute approximate surface area is 168 Å². The maximum absolute atomic E-state index is 14.4. The van der Waals surface area contributed by atoms with E-state index < -0.39 is 11.1 Å². The number of halogens is 2. The highest BCUT2D eigenvalue weighted by atomic mass is 35.5. The summed E-state index contributed by atoms with van der Waals surface area (Å²) in [6, 6.07) is 0. The van der Waals surface area contributed by atoms with Crippen molar-refractivity contribution in [2.75, 3.05) is 6.61 Å². The van der Waals surface area contributed by atoms with Crippen LogP contribution >= 0.6 is 34.3 Å². The maximum atomic E-state index is 14.4. The van der Waals surface area contributed by atoms with Crippen LogP contribution < -0.4 is 9.67 Å². The van der Waals surface area contributed by atoms with E-state index in [4.69, 9.17) is 16.3 Å². The summed E-state index contributed by atoms with van der Waals surface area (Å²) in [7, 11) is 0. The van der Waals surface area contributed by atoms with Gasteiger partial charge in [-0.05, 0) is 30.6 Å². The Bertz CT molecular complexity index is 944. The molecule has 0 saturated heterocycles. The van der Waals surface area contributed by atoms with Gasteiger partial charge in [-0.25, -0.2) is 9.67 Å². The highest BCUT2D eigenvalue weighted by molar-refractivity contribution is 7.11. The number of unbranched alkanes of at least 4 members (excludes halogenated alkanes) is 2. The van der Waals surface area contributed by atoms with Crippen molar-refractivity contribution in [1.29, 1.82) is 0 Å². The number of nitrogens with zero attached hydrogens (tertiary/aromatic N) is 3. The van der Waals surface area contributed by atoms with Gasteiger partial charge in [0, 0.05) is 18.0 Å². The van der Waals surface area contributed by atoms with Crippen molar-refractivity contribution in [1.82, 2.24) is 9.36 Å². The van der Waals surface area contributed by atoms with Crippen LogP contribution in [0, 0.1) is 5.13 Å². The number of thiophene rings is 1. The predicted octanol–water partition coefficient (Wildman–Crippen LogP) is 3.87. The van der Waals surface area contributed by atoms with Gasteiger partial charge in [0.1, 0.15) is 5.69 Å². The lowest BCUT2D eigenvalue weighted by atomic mass is 10.3. The molecule has 0 aromatic carbocycles. The molecule has 1 aliphatic heterocycles. The molecule has 0 unspecified atom stereocenters. The summed E-state index contributed by atoms with van der Waals surface area (Å²) in [5, 5.41) is -0.455. The maximum Gasteiger partial charge on any atom is 0.325 e. The predicted molar refractivity (Wildman–Crippen MR) is 105 cm³/mol. The van der Waals surface area contributed by atoms with Crippen molar-refractivity contribution in [3.63, 3.8) is 0 Å². The van der Waals surface area contributed by atoms with Gasteiger partial charge in [-0.3, -0.25) is 14.3 Å². The fourth-order valence-corrected chi connectivity index (χ4v) is 4.94. The van der Waals surface area contributed by atoms with Crippen LogP contribution in [-0.2, 0) is 29.0 Å². The molecule has 0 aliphatic carbocycles. The molecular weight excluding hydrogens is 413 g/mol. The Balaban J connectivity index is 1.81. The first-order valence-corrected chi connectivity index (χ1v) is 11.0. The first-order chi connectivity index (χ1) is 13.0. The van der Waals surface area contributed by atoms with E-state index >= 15 is 0 Å². The van der Waals surface area contributed by atoms with E-state index in [1.54, 1.807) is 9.36 Å². The number of rotatable bonds is 7. The molecule has 3 heterocycles. The first kappa shape index (κ1) is 20.3. The van der Waals surface area contributed by atoms with E-state index in [2.05, 4.69) is 11.9 Å². The monoisotopic (exact) mass is 433 g/mol. The third-order valence-electron chi connectivity index (χ3n) is 4.27. The van der Waals surface area contributed by atoms with E-state index in [0.29, 0.717) is 29.4 Å². The number of carbonyl (C=O) groups is 1. The lowest BCUT2D eigenvalue weighted by Gasteiger charge is -2.15. The first-order valence-electron chi connectivity index (χ1n) is 8.99. The van der Waals surface area contributed by atoms with Crippen molar-refractivity contribution in [2.24, 2.45) is 4.99 Å². The van der Waals surface area contributed by atoms with Crippen molar-refractivity contribution >= 4 is 45.9 Å². The molecule has 0 amide bonds. The van der Waals surface area contributed by atoms with Crippen LogP contribution in [0.5, 0.6) is 0 Å². The van der Waals surface area contributed by atoms with E-state index in [9.17, 15) is 14.0 Å². The molecule has 0 radical (unpaired) electrons. The van der Waals surface area contributed by atoms with Crippen LogP contribution in [0.25, 0.3) is 0 Å². The minimum absolute atomic E-state index is 0.0156. The third kappa shape index (κ3) is 4.70. The number of hydrogen-bond donors (Lipinski definition) is 0. The SMILES string of the molecule is CCCCCOC(=O)Cc1sc(F)c(N=c2sc(=O)n3n2CCCC3)c1Cl. The van der Waals surface area contributed by atoms with Gasteiger partial charge in [0.2, 0.25) is 9.93 Å². The van der Waals surface area contributed by atoms with Crippen LogP contribution in [-0.4, -0.2) is 21.9 Å². The number of esters is 1. The third-order valence-corrected chi connectivity index (χ3v) is 6.62. The normalized spacial score (nSPS) is 14.4. The lowest BCUT2D eigenvalue weighted by molar-refractivity contribution is -0.142. The molecule has 10 heteroatoms. The summed E-state index contributed by atoms with van der Waals surface area (Å²) < 4.78 is 22.9. The largest absolute Gasteiger partial charge is 0.465 e. The zero-order chi connectivity index (χ0) is 19.4. The smallest absolute Gasteiger partial charge is 0.325 e. The molecular formula is C17H21ClFN3O3S2. The summed E-state index contributed by atoms with van der Waals surface area (Å²) in [6.45, 7) is 3.73. The molecule has 0 fully saturated rings. The van der Waals surface area contributed by atoms with Gasteiger partial charge in [0.25, 0.3) is 0 Å². The van der Waals surface area contributed by atoms with Crippen LogP contribution in [0.15, 0.2) is 9.79 Å². The van der Waals surface area contributed by atoms with Gasteiger partial charge in [0.15, 0.2) is 0 Å². The summed E-state index contributed by atoms with van der Waals surface area (Å²) in [5.74, 6) is -0.430. The van der Waals surface area contributed by atoms with E-state index in [0.717, 1.165) is 54.8 Å². The molecule has 6 nitrogen and oxygen atoms in total. The van der Waals surface area contributed by atoms with Crippen molar-refractivity contribution < 1.29 is 13.9 Å². The highest BCUT2D eigenvalue weighted by Crippen LogP contribution is 2.38. The second kappa shape index (κ2) is 9.16. The lowest BCUT2D eigenvalue weighted by Crippen LogP contribution is -2.31. The molecule has 0 spiro atoms. The second-order valence-electron chi connectivity index (χ2n) is 6.28. The van der Waals surface area contributed by atoms with Crippen LogP contribution in [0.1, 0.15) is 43.9 Å². The number of ether oxygens (including phenoxy) is 1. The summed E-state index contributed by atoms with van der Waals surface area (Å²) >= 11 is 8.04. The van der Waals surface area contributed by atoms with Crippen LogP contribution in [0.3, 0.4) is 0 Å². The fraction of sp³-hybridized carbons (Fsp3) is 0.588. The molecule has 148 valence electrons. The van der Waals surface area contributed by atoms with Crippen LogP contribution in [0.2, 0.25) is 5.02 Å². The van der Waals surface area contributed by atoms with Gasteiger partial charge >= 0.3 is 10.8 Å². The molecule has 0 saturated carbocycles. The highest BCUT2D eigenvalue weighted by Gasteiger charge is 2.21. The van der Waals surface area contributed by atoms with Gasteiger partial charge in [-0.1, -0.05) is 31.4 Å². The minimum atomic E-state index is -0.565. The van der Waals surface area contributed by atoms with Crippen molar-refractivity contribution in [2.45, 2.75) is 58.5 Å². The molecule has 1 aliphatic rings. The fourth-order valence-electron chi connectivity index (χ4n) is 2.86.